The topological polar surface area (TPSA) is 128 Å². The number of carbonyl (C=O) groups excluding carboxylic acids is 1. The van der Waals surface area contributed by atoms with E-state index in [0.29, 0.717) is 25.3 Å². The number of hydrogen-bond acceptors (Lipinski definition) is 7. The lowest BCUT2D eigenvalue weighted by Gasteiger charge is -2.18. The van der Waals surface area contributed by atoms with Crippen molar-refractivity contribution in [3.05, 3.63) is 98.6 Å². The summed E-state index contributed by atoms with van der Waals surface area (Å²) in [5.74, 6) is 0.962. The van der Waals surface area contributed by atoms with Gasteiger partial charge in [-0.15, -0.1) is 0 Å². The molecule has 3 aromatic carbocycles. The summed E-state index contributed by atoms with van der Waals surface area (Å²) in [6.07, 6.45) is 0.672. The second-order valence-electron chi connectivity index (χ2n) is 7.57. The highest BCUT2D eigenvalue weighted by atomic mass is 16.6. The van der Waals surface area contributed by atoms with Gasteiger partial charge in [-0.05, 0) is 42.8 Å². The van der Waals surface area contributed by atoms with Crippen LogP contribution in [0, 0.1) is 20.2 Å². The van der Waals surface area contributed by atoms with Crippen LogP contribution in [-0.4, -0.2) is 39.8 Å². The number of nitrogens with one attached hydrogen (secondary N) is 1. The Morgan fingerprint density at radius 2 is 1.52 bits per heavy atom. The van der Waals surface area contributed by atoms with Gasteiger partial charge >= 0.3 is 0 Å². The van der Waals surface area contributed by atoms with Gasteiger partial charge in [-0.1, -0.05) is 18.2 Å². The van der Waals surface area contributed by atoms with Crippen molar-refractivity contribution in [3.63, 3.8) is 0 Å². The van der Waals surface area contributed by atoms with Crippen molar-refractivity contribution in [2.75, 3.05) is 18.4 Å². The standard InChI is InChI=1S/C23H20N4O6/c28-23(16-12-19(26(29)30)14-20(13-16)27(31)32)25-11-10-18(15-25)24-17-6-8-22(9-7-17)33-21-4-2-1-3-5-21/h1-9,12-14,18,24H,10-11,15H2/t18-/m1/s1. The Labute approximate surface area is 188 Å². The zero-order chi connectivity index (χ0) is 23.4. The highest BCUT2D eigenvalue weighted by Crippen LogP contribution is 2.26. The molecule has 1 amide bonds. The van der Waals surface area contributed by atoms with Crippen molar-refractivity contribution in [2.24, 2.45) is 0 Å². The Morgan fingerprint density at radius 3 is 2.12 bits per heavy atom. The summed E-state index contributed by atoms with van der Waals surface area (Å²) < 4.78 is 5.78. The summed E-state index contributed by atoms with van der Waals surface area (Å²) in [4.78, 5) is 35.1. The fraction of sp³-hybridized carbons (Fsp3) is 0.174. The van der Waals surface area contributed by atoms with E-state index in [1.807, 2.05) is 54.6 Å². The van der Waals surface area contributed by atoms with Crippen molar-refractivity contribution in [1.82, 2.24) is 4.90 Å². The van der Waals surface area contributed by atoms with E-state index in [-0.39, 0.29) is 11.6 Å². The highest BCUT2D eigenvalue weighted by Gasteiger charge is 2.29. The van der Waals surface area contributed by atoms with Gasteiger partial charge in [-0.25, -0.2) is 0 Å². The average Bonchev–Trinajstić information content (AvgIpc) is 3.28. The van der Waals surface area contributed by atoms with Gasteiger partial charge in [0, 0.05) is 37.0 Å². The molecule has 1 saturated heterocycles. The van der Waals surface area contributed by atoms with E-state index < -0.39 is 27.1 Å². The number of nitro groups is 2. The summed E-state index contributed by atoms with van der Waals surface area (Å²) in [7, 11) is 0. The van der Waals surface area contributed by atoms with Gasteiger partial charge in [-0.3, -0.25) is 25.0 Å². The van der Waals surface area contributed by atoms with Crippen LogP contribution in [0.4, 0.5) is 17.1 Å². The Bertz CT molecular complexity index is 1150. The Balaban J connectivity index is 1.39. The van der Waals surface area contributed by atoms with Crippen LogP contribution < -0.4 is 10.1 Å². The first kappa shape index (κ1) is 21.8. The molecular formula is C23H20N4O6. The summed E-state index contributed by atoms with van der Waals surface area (Å²) in [5.41, 5.74) is -0.182. The van der Waals surface area contributed by atoms with Crippen LogP contribution in [0.1, 0.15) is 16.8 Å². The first-order chi connectivity index (χ1) is 15.9. The molecule has 0 aromatic heterocycles. The van der Waals surface area contributed by atoms with Crippen molar-refractivity contribution >= 4 is 23.0 Å². The number of nitro benzene ring substituents is 2. The molecule has 1 aliphatic rings. The van der Waals surface area contributed by atoms with Crippen molar-refractivity contribution in [1.29, 1.82) is 0 Å². The van der Waals surface area contributed by atoms with Gasteiger partial charge in [0.2, 0.25) is 0 Å². The smallest absolute Gasteiger partial charge is 0.277 e. The Hall–Kier alpha value is -4.47. The van der Waals surface area contributed by atoms with Crippen LogP contribution >= 0.6 is 0 Å². The molecule has 10 nitrogen and oxygen atoms in total. The fourth-order valence-electron chi connectivity index (χ4n) is 3.65. The molecule has 0 aliphatic carbocycles. The molecule has 0 bridgehead atoms. The zero-order valence-electron chi connectivity index (χ0n) is 17.4. The number of amides is 1. The van der Waals surface area contributed by atoms with E-state index in [1.165, 1.54) is 4.90 Å². The second-order valence-corrected chi connectivity index (χ2v) is 7.57. The van der Waals surface area contributed by atoms with Gasteiger partial charge in [0.1, 0.15) is 11.5 Å². The molecule has 1 fully saturated rings. The molecule has 3 aromatic rings. The van der Waals surface area contributed by atoms with Crippen LogP contribution in [0.5, 0.6) is 11.5 Å². The number of hydrogen-bond donors (Lipinski definition) is 1. The molecular weight excluding hydrogens is 428 g/mol. The van der Waals surface area contributed by atoms with Gasteiger partial charge in [-0.2, -0.15) is 0 Å². The minimum Gasteiger partial charge on any atom is -0.457 e. The van der Waals surface area contributed by atoms with E-state index in [4.69, 9.17) is 4.74 Å². The number of likely N-dealkylation sites (tertiary alicyclic amines) is 1. The Morgan fingerprint density at radius 1 is 0.909 bits per heavy atom. The number of benzene rings is 3. The minimum atomic E-state index is -0.747. The van der Waals surface area contributed by atoms with Crippen LogP contribution in [0.15, 0.2) is 72.8 Å². The molecule has 168 valence electrons. The predicted molar refractivity (Wildman–Crippen MR) is 121 cm³/mol. The van der Waals surface area contributed by atoms with Gasteiger partial charge in [0.05, 0.1) is 21.5 Å². The van der Waals surface area contributed by atoms with Gasteiger partial charge in [0.15, 0.2) is 0 Å². The van der Waals surface area contributed by atoms with Crippen LogP contribution in [0.25, 0.3) is 0 Å². The van der Waals surface area contributed by atoms with Crippen molar-refractivity contribution < 1.29 is 19.4 Å². The number of ether oxygens (including phenoxy) is 1. The van der Waals surface area contributed by atoms with Crippen LogP contribution in [-0.2, 0) is 0 Å². The fourth-order valence-corrected chi connectivity index (χ4v) is 3.65. The summed E-state index contributed by atoms with van der Waals surface area (Å²) in [6, 6.07) is 19.8. The summed E-state index contributed by atoms with van der Waals surface area (Å²) >= 11 is 0. The number of nitrogens with zero attached hydrogens (tertiary/aromatic N) is 3. The number of para-hydroxylation sites is 1. The monoisotopic (exact) mass is 448 g/mol. The third-order valence-electron chi connectivity index (χ3n) is 5.25. The zero-order valence-corrected chi connectivity index (χ0v) is 17.4. The lowest BCUT2D eigenvalue weighted by molar-refractivity contribution is -0.394. The van der Waals surface area contributed by atoms with Crippen molar-refractivity contribution in [3.8, 4) is 11.5 Å². The average molecular weight is 448 g/mol. The maximum Gasteiger partial charge on any atom is 0.277 e. The maximum absolute atomic E-state index is 12.8. The molecule has 4 rings (SSSR count). The van der Waals surface area contributed by atoms with Crippen LogP contribution in [0.2, 0.25) is 0 Å². The summed E-state index contributed by atoms with van der Waals surface area (Å²) in [5, 5.41) is 25.5. The van der Waals surface area contributed by atoms with Gasteiger partial charge in [0.25, 0.3) is 17.3 Å². The first-order valence-corrected chi connectivity index (χ1v) is 10.2. The third kappa shape index (κ3) is 5.24. The molecule has 1 heterocycles. The molecule has 0 spiro atoms. The highest BCUT2D eigenvalue weighted by molar-refractivity contribution is 5.95. The second kappa shape index (κ2) is 9.35. The molecule has 0 saturated carbocycles. The minimum absolute atomic E-state index is 0.0245. The van der Waals surface area contributed by atoms with Gasteiger partial charge < -0.3 is 15.0 Å². The molecule has 1 atom stereocenters. The molecule has 0 unspecified atom stereocenters. The lowest BCUT2D eigenvalue weighted by Crippen LogP contribution is -2.31. The maximum atomic E-state index is 12.8. The third-order valence-corrected chi connectivity index (χ3v) is 5.25. The molecule has 1 N–H and O–H groups in total. The SMILES string of the molecule is O=C(c1cc([N+](=O)[O-])cc([N+](=O)[O-])c1)N1CC[C@@H](Nc2ccc(Oc3ccccc3)cc2)C1. The van der Waals surface area contributed by atoms with E-state index in [2.05, 4.69) is 5.32 Å². The predicted octanol–water partition coefficient (Wildman–Crippen LogP) is 4.62. The normalized spacial score (nSPS) is 15.2. The summed E-state index contributed by atoms with van der Waals surface area (Å²) in [6.45, 7) is 0.805. The number of carbonyl (C=O) groups is 1. The molecule has 1 aliphatic heterocycles. The van der Waals surface area contributed by atoms with E-state index >= 15 is 0 Å². The Kier molecular flexibility index (Phi) is 6.16. The lowest BCUT2D eigenvalue weighted by atomic mass is 10.1. The van der Waals surface area contributed by atoms with Crippen molar-refractivity contribution in [2.45, 2.75) is 12.5 Å². The quantitative estimate of drug-likeness (QED) is 0.412. The number of rotatable bonds is 7. The number of non-ortho nitro benzene ring substituents is 2. The molecule has 10 heteroatoms. The largest absolute Gasteiger partial charge is 0.457 e. The van der Waals surface area contributed by atoms with Crippen LogP contribution in [0.3, 0.4) is 0 Å². The molecule has 33 heavy (non-hydrogen) atoms. The van der Waals surface area contributed by atoms with E-state index in [1.54, 1.807) is 0 Å². The van der Waals surface area contributed by atoms with E-state index in [0.717, 1.165) is 29.6 Å². The number of anilines is 1. The molecule has 0 radical (unpaired) electrons. The van der Waals surface area contributed by atoms with E-state index in [9.17, 15) is 25.0 Å². The first-order valence-electron chi connectivity index (χ1n) is 10.2.